The van der Waals surface area contributed by atoms with Crippen LogP contribution in [0.2, 0.25) is 0 Å². The maximum atomic E-state index is 12.0. The lowest BCUT2D eigenvalue weighted by molar-refractivity contribution is -0.129. The van der Waals surface area contributed by atoms with Gasteiger partial charge in [-0.2, -0.15) is 4.31 Å². The zero-order valence-electron chi connectivity index (χ0n) is 14.3. The molecule has 0 saturated carbocycles. The third kappa shape index (κ3) is 7.74. The Bertz CT molecular complexity index is 474. The van der Waals surface area contributed by atoms with E-state index in [2.05, 4.69) is 10.6 Å². The summed E-state index contributed by atoms with van der Waals surface area (Å²) in [4.78, 5) is 23.1. The van der Waals surface area contributed by atoms with Crippen molar-refractivity contribution in [1.82, 2.24) is 14.9 Å². The molecule has 2 amide bonds. The number of hydrogen-bond donors (Lipinski definition) is 2. The van der Waals surface area contributed by atoms with Crippen LogP contribution in [0, 0.1) is 5.92 Å². The predicted molar refractivity (Wildman–Crippen MR) is 86.8 cm³/mol. The molecule has 0 aliphatic rings. The van der Waals surface area contributed by atoms with Crippen molar-refractivity contribution in [2.75, 3.05) is 19.3 Å². The average Bonchev–Trinajstić information content (AvgIpc) is 2.32. The maximum absolute atomic E-state index is 12.0. The van der Waals surface area contributed by atoms with Gasteiger partial charge in [0.05, 0.1) is 6.26 Å². The first-order chi connectivity index (χ1) is 9.96. The summed E-state index contributed by atoms with van der Waals surface area (Å²) < 4.78 is 24.6. The number of amides is 2. The minimum absolute atomic E-state index is 0.0212. The molecule has 2 N–H and O–H groups in total. The van der Waals surface area contributed by atoms with Crippen LogP contribution in [0.25, 0.3) is 0 Å². The number of nitrogens with zero attached hydrogens (tertiary/aromatic N) is 1. The van der Waals surface area contributed by atoms with Gasteiger partial charge in [-0.05, 0) is 26.2 Å². The van der Waals surface area contributed by atoms with Gasteiger partial charge in [-0.3, -0.25) is 9.59 Å². The van der Waals surface area contributed by atoms with Gasteiger partial charge in [0.25, 0.3) is 0 Å². The van der Waals surface area contributed by atoms with Gasteiger partial charge in [0.1, 0.15) is 6.04 Å². The lowest BCUT2D eigenvalue weighted by Gasteiger charge is -2.24. The second kappa shape index (κ2) is 9.09. The van der Waals surface area contributed by atoms with Crippen LogP contribution in [-0.4, -0.2) is 56.0 Å². The van der Waals surface area contributed by atoms with Crippen molar-refractivity contribution in [2.24, 2.45) is 5.92 Å². The number of hydrogen-bond acceptors (Lipinski definition) is 4. The Morgan fingerprint density at radius 1 is 1.14 bits per heavy atom. The molecule has 1 atom stereocenters. The Labute approximate surface area is 133 Å². The van der Waals surface area contributed by atoms with Crippen molar-refractivity contribution in [3.8, 4) is 0 Å². The summed E-state index contributed by atoms with van der Waals surface area (Å²) in [5.41, 5.74) is 0. The molecule has 130 valence electrons. The van der Waals surface area contributed by atoms with E-state index in [4.69, 9.17) is 0 Å². The molecular weight excluding hydrogens is 306 g/mol. The highest BCUT2D eigenvalue weighted by atomic mass is 32.2. The van der Waals surface area contributed by atoms with Gasteiger partial charge in [-0.15, -0.1) is 0 Å². The Kier molecular flexibility index (Phi) is 8.62. The molecule has 0 bridgehead atoms. The average molecular weight is 335 g/mol. The molecule has 0 spiro atoms. The van der Waals surface area contributed by atoms with Crippen molar-refractivity contribution in [1.29, 1.82) is 0 Å². The minimum Gasteiger partial charge on any atom is -0.354 e. The van der Waals surface area contributed by atoms with E-state index >= 15 is 0 Å². The van der Waals surface area contributed by atoms with Crippen LogP contribution in [0.1, 0.15) is 41.0 Å². The molecule has 0 heterocycles. The SMILES string of the molecule is CC(=O)N[C@H](C(=O)NCCCN(C(C)C)S(C)(=O)=O)C(C)C. The molecule has 8 heteroatoms. The molecule has 0 rings (SSSR count). The fourth-order valence-corrected chi connectivity index (χ4v) is 3.34. The highest BCUT2D eigenvalue weighted by Gasteiger charge is 2.23. The van der Waals surface area contributed by atoms with Crippen molar-refractivity contribution in [2.45, 2.75) is 53.1 Å². The maximum Gasteiger partial charge on any atom is 0.242 e. The quantitative estimate of drug-likeness (QED) is 0.593. The summed E-state index contributed by atoms with van der Waals surface area (Å²) in [5.74, 6) is -0.523. The topological polar surface area (TPSA) is 95.6 Å². The smallest absolute Gasteiger partial charge is 0.242 e. The first-order valence-corrected chi connectivity index (χ1v) is 9.33. The van der Waals surface area contributed by atoms with Crippen LogP contribution in [0.5, 0.6) is 0 Å². The first kappa shape index (κ1) is 20.9. The fourth-order valence-electron chi connectivity index (χ4n) is 2.12. The van der Waals surface area contributed by atoms with Crippen LogP contribution < -0.4 is 10.6 Å². The summed E-state index contributed by atoms with van der Waals surface area (Å²) in [6.07, 6.45) is 1.69. The lowest BCUT2D eigenvalue weighted by atomic mass is 10.0. The molecule has 0 saturated heterocycles. The summed E-state index contributed by atoms with van der Waals surface area (Å²) in [6, 6.07) is -0.692. The number of carbonyl (C=O) groups is 2. The largest absolute Gasteiger partial charge is 0.354 e. The van der Waals surface area contributed by atoms with E-state index in [0.717, 1.165) is 0 Å². The Morgan fingerprint density at radius 2 is 1.68 bits per heavy atom. The summed E-state index contributed by atoms with van der Waals surface area (Å²) >= 11 is 0. The highest BCUT2D eigenvalue weighted by molar-refractivity contribution is 7.88. The highest BCUT2D eigenvalue weighted by Crippen LogP contribution is 2.06. The molecule has 0 radical (unpaired) electrons. The molecule has 22 heavy (non-hydrogen) atoms. The van der Waals surface area contributed by atoms with E-state index in [9.17, 15) is 18.0 Å². The monoisotopic (exact) mass is 335 g/mol. The van der Waals surface area contributed by atoms with E-state index < -0.39 is 16.1 Å². The molecule has 0 aromatic heterocycles. The Balaban J connectivity index is 4.39. The number of nitrogens with one attached hydrogen (secondary N) is 2. The van der Waals surface area contributed by atoms with Crippen molar-refractivity contribution >= 4 is 21.8 Å². The third-order valence-electron chi connectivity index (χ3n) is 3.16. The normalized spacial score (nSPS) is 13.5. The first-order valence-electron chi connectivity index (χ1n) is 7.48. The second-order valence-corrected chi connectivity index (χ2v) is 7.97. The second-order valence-electron chi connectivity index (χ2n) is 6.03. The van der Waals surface area contributed by atoms with E-state index in [0.29, 0.717) is 19.5 Å². The van der Waals surface area contributed by atoms with Gasteiger partial charge in [0, 0.05) is 26.1 Å². The third-order valence-corrected chi connectivity index (χ3v) is 4.62. The van der Waals surface area contributed by atoms with Crippen molar-refractivity contribution < 1.29 is 18.0 Å². The van der Waals surface area contributed by atoms with Crippen LogP contribution in [0.4, 0.5) is 0 Å². The van der Waals surface area contributed by atoms with E-state index in [-0.39, 0.29) is 23.8 Å². The summed E-state index contributed by atoms with van der Waals surface area (Å²) in [7, 11) is -3.25. The van der Waals surface area contributed by atoms with E-state index in [1.807, 2.05) is 27.7 Å². The molecule has 7 nitrogen and oxygen atoms in total. The summed E-state index contributed by atoms with van der Waals surface area (Å²) in [6.45, 7) is 9.41. The zero-order valence-corrected chi connectivity index (χ0v) is 15.2. The Morgan fingerprint density at radius 3 is 2.05 bits per heavy atom. The van der Waals surface area contributed by atoms with Crippen LogP contribution in [0.15, 0.2) is 0 Å². The molecule has 0 unspecified atom stereocenters. The minimum atomic E-state index is -3.25. The zero-order chi connectivity index (χ0) is 17.5. The Hall–Kier alpha value is -1.15. The van der Waals surface area contributed by atoms with Gasteiger partial charge in [-0.25, -0.2) is 8.42 Å². The van der Waals surface area contributed by atoms with Gasteiger partial charge in [0.15, 0.2) is 0 Å². The van der Waals surface area contributed by atoms with Crippen LogP contribution in [-0.2, 0) is 19.6 Å². The molecule has 0 aliphatic carbocycles. The standard InChI is InChI=1S/C14H29N3O4S/c1-10(2)13(16-12(5)18)14(19)15-8-7-9-17(11(3)4)22(6,20)21/h10-11,13H,7-9H2,1-6H3,(H,15,19)(H,16,18)/t13-/m0/s1. The number of sulfonamides is 1. The van der Waals surface area contributed by atoms with Crippen molar-refractivity contribution in [3.63, 3.8) is 0 Å². The summed E-state index contributed by atoms with van der Waals surface area (Å²) in [5, 5.41) is 5.35. The fraction of sp³-hybridized carbons (Fsp3) is 0.857. The molecule has 0 aromatic rings. The van der Waals surface area contributed by atoms with Crippen LogP contribution in [0.3, 0.4) is 0 Å². The molecule has 0 aromatic carbocycles. The predicted octanol–water partition coefficient (Wildman–Crippen LogP) is 0.323. The van der Waals surface area contributed by atoms with Crippen LogP contribution >= 0.6 is 0 Å². The number of rotatable bonds is 9. The van der Waals surface area contributed by atoms with Gasteiger partial charge < -0.3 is 10.6 Å². The van der Waals surface area contributed by atoms with E-state index in [1.165, 1.54) is 17.5 Å². The number of carbonyl (C=O) groups excluding carboxylic acids is 2. The molecule has 0 fully saturated rings. The molecular formula is C14H29N3O4S. The van der Waals surface area contributed by atoms with Gasteiger partial charge in [0.2, 0.25) is 21.8 Å². The van der Waals surface area contributed by atoms with Gasteiger partial charge in [-0.1, -0.05) is 13.8 Å². The van der Waals surface area contributed by atoms with E-state index in [1.54, 1.807) is 0 Å². The lowest BCUT2D eigenvalue weighted by Crippen LogP contribution is -2.49. The molecule has 0 aliphatic heterocycles. The van der Waals surface area contributed by atoms with Crippen molar-refractivity contribution in [3.05, 3.63) is 0 Å². The van der Waals surface area contributed by atoms with Gasteiger partial charge >= 0.3 is 0 Å².